The molecule has 0 fully saturated rings. The lowest BCUT2D eigenvalue weighted by molar-refractivity contribution is 0.188. The zero-order valence-corrected chi connectivity index (χ0v) is 14.1. The van der Waals surface area contributed by atoms with Crippen molar-refractivity contribution in [1.29, 1.82) is 0 Å². The van der Waals surface area contributed by atoms with Gasteiger partial charge in [-0.15, -0.1) is 6.58 Å². The topological polar surface area (TPSA) is 9.23 Å². The molecule has 0 saturated carbocycles. The minimum atomic E-state index is -1.62. The molecule has 0 aliphatic rings. The van der Waals surface area contributed by atoms with E-state index in [-0.39, 0.29) is 5.04 Å². The Morgan fingerprint density at radius 1 is 1.40 bits per heavy atom. The van der Waals surface area contributed by atoms with E-state index in [0.29, 0.717) is 10.0 Å². The third kappa shape index (κ3) is 5.00. The Labute approximate surface area is 110 Å². The van der Waals surface area contributed by atoms with E-state index in [2.05, 4.69) is 70.0 Å². The molecular formula is C12H25IOSi. The number of rotatable bonds is 5. The van der Waals surface area contributed by atoms with Gasteiger partial charge in [0.25, 0.3) is 0 Å². The summed E-state index contributed by atoms with van der Waals surface area (Å²) >= 11 is 2.45. The van der Waals surface area contributed by atoms with Gasteiger partial charge in [-0.2, -0.15) is 0 Å². The van der Waals surface area contributed by atoms with Crippen molar-refractivity contribution in [3.8, 4) is 0 Å². The highest BCUT2D eigenvalue weighted by Crippen LogP contribution is 2.38. The average molecular weight is 340 g/mol. The van der Waals surface area contributed by atoms with Gasteiger partial charge in [0.05, 0.1) is 6.10 Å². The third-order valence-corrected chi connectivity index (χ3v) is 8.47. The Hall–Kier alpha value is 0.647. The predicted octanol–water partition coefficient (Wildman–Crippen LogP) is 4.78. The highest BCUT2D eigenvalue weighted by atomic mass is 127. The molecule has 3 heteroatoms. The van der Waals surface area contributed by atoms with Crippen LogP contribution in [0.4, 0.5) is 0 Å². The molecule has 0 rings (SSSR count). The Kier molecular flexibility index (Phi) is 6.07. The molecular weight excluding hydrogens is 315 g/mol. The van der Waals surface area contributed by atoms with Gasteiger partial charge in [0.1, 0.15) is 0 Å². The summed E-state index contributed by atoms with van der Waals surface area (Å²) in [6.07, 6.45) is 3.24. The van der Waals surface area contributed by atoms with E-state index >= 15 is 0 Å². The van der Waals surface area contributed by atoms with Crippen molar-refractivity contribution in [3.63, 3.8) is 0 Å². The van der Waals surface area contributed by atoms with Gasteiger partial charge in [0.15, 0.2) is 8.32 Å². The van der Waals surface area contributed by atoms with Gasteiger partial charge in [0, 0.05) is 3.92 Å². The molecule has 0 amide bonds. The van der Waals surface area contributed by atoms with Gasteiger partial charge < -0.3 is 4.43 Å². The molecule has 0 radical (unpaired) electrons. The molecule has 0 aliphatic heterocycles. The lowest BCUT2D eigenvalue weighted by Crippen LogP contribution is -2.45. The molecule has 0 bridgehead atoms. The second kappa shape index (κ2) is 5.82. The number of hydrogen-bond donors (Lipinski definition) is 0. The molecule has 0 aromatic heterocycles. The lowest BCUT2D eigenvalue weighted by Gasteiger charge is -2.40. The van der Waals surface area contributed by atoms with E-state index in [1.165, 1.54) is 0 Å². The molecule has 0 heterocycles. The molecule has 0 unspecified atom stereocenters. The third-order valence-electron chi connectivity index (χ3n) is 3.16. The van der Waals surface area contributed by atoms with Gasteiger partial charge in [-0.05, 0) is 24.6 Å². The minimum absolute atomic E-state index is 0.290. The standard InChI is InChI=1S/C12H25IOSi/c1-8-9-11(10(2)13)14-15(6,7)12(3,4)5/h8,10-11H,1,9H2,2-7H3/t10-,11+/m1/s1. The van der Waals surface area contributed by atoms with Crippen molar-refractivity contribution >= 4 is 30.9 Å². The summed E-state index contributed by atoms with van der Waals surface area (Å²) in [5.41, 5.74) is 0. The molecule has 0 aliphatic carbocycles. The highest BCUT2D eigenvalue weighted by molar-refractivity contribution is 14.1. The fourth-order valence-electron chi connectivity index (χ4n) is 1.05. The molecule has 15 heavy (non-hydrogen) atoms. The van der Waals surface area contributed by atoms with Crippen molar-refractivity contribution in [2.45, 2.75) is 62.3 Å². The van der Waals surface area contributed by atoms with Crippen LogP contribution in [0.25, 0.3) is 0 Å². The second-order valence-electron chi connectivity index (χ2n) is 5.62. The summed E-state index contributed by atoms with van der Waals surface area (Å²) in [6.45, 7) is 17.5. The molecule has 0 saturated heterocycles. The Balaban J connectivity index is 4.59. The second-order valence-corrected chi connectivity index (χ2v) is 12.3. The van der Waals surface area contributed by atoms with Gasteiger partial charge in [0.2, 0.25) is 0 Å². The SMILES string of the molecule is C=CC[C@H](O[Si](C)(C)C(C)(C)C)[C@@H](C)I. The summed E-state index contributed by atoms with van der Waals surface area (Å²) < 4.78 is 6.90. The maximum atomic E-state index is 6.36. The molecule has 0 spiro atoms. The Morgan fingerprint density at radius 3 is 2.13 bits per heavy atom. The Bertz CT molecular complexity index is 206. The molecule has 1 nitrogen and oxygen atoms in total. The quantitative estimate of drug-likeness (QED) is 0.303. The highest BCUT2D eigenvalue weighted by Gasteiger charge is 2.39. The van der Waals surface area contributed by atoms with E-state index in [1.807, 2.05) is 6.08 Å². The van der Waals surface area contributed by atoms with E-state index < -0.39 is 8.32 Å². The summed E-state index contributed by atoms with van der Waals surface area (Å²) in [4.78, 5) is 0. The van der Waals surface area contributed by atoms with Crippen LogP contribution in [-0.2, 0) is 4.43 Å². The van der Waals surface area contributed by atoms with Crippen LogP contribution in [0, 0.1) is 0 Å². The predicted molar refractivity (Wildman–Crippen MR) is 80.4 cm³/mol. The number of alkyl halides is 1. The average Bonchev–Trinajstić information content (AvgIpc) is 2.00. The summed E-state index contributed by atoms with van der Waals surface area (Å²) in [5.74, 6) is 0. The normalized spacial score (nSPS) is 17.3. The van der Waals surface area contributed by atoms with E-state index in [9.17, 15) is 0 Å². The maximum Gasteiger partial charge on any atom is 0.192 e. The molecule has 0 N–H and O–H groups in total. The van der Waals surface area contributed by atoms with Crippen molar-refractivity contribution in [1.82, 2.24) is 0 Å². The van der Waals surface area contributed by atoms with Crippen LogP contribution in [0.3, 0.4) is 0 Å². The van der Waals surface area contributed by atoms with Gasteiger partial charge in [-0.3, -0.25) is 0 Å². The zero-order chi connectivity index (χ0) is 12.3. The molecule has 90 valence electrons. The van der Waals surface area contributed by atoms with Crippen molar-refractivity contribution in [2.24, 2.45) is 0 Å². The molecule has 0 aromatic carbocycles. The molecule has 2 atom stereocenters. The van der Waals surface area contributed by atoms with E-state index in [1.54, 1.807) is 0 Å². The smallest absolute Gasteiger partial charge is 0.192 e. The lowest BCUT2D eigenvalue weighted by atomic mass is 10.2. The zero-order valence-electron chi connectivity index (χ0n) is 10.9. The van der Waals surface area contributed by atoms with Gasteiger partial charge in [-0.25, -0.2) is 0 Å². The van der Waals surface area contributed by atoms with Crippen LogP contribution < -0.4 is 0 Å². The van der Waals surface area contributed by atoms with Crippen LogP contribution in [0.2, 0.25) is 18.1 Å². The first kappa shape index (κ1) is 15.6. The molecule has 0 aromatic rings. The first-order valence-electron chi connectivity index (χ1n) is 5.54. The first-order chi connectivity index (χ1) is 6.62. The van der Waals surface area contributed by atoms with Crippen LogP contribution in [-0.4, -0.2) is 18.3 Å². The monoisotopic (exact) mass is 340 g/mol. The van der Waals surface area contributed by atoms with Crippen molar-refractivity contribution in [3.05, 3.63) is 12.7 Å². The minimum Gasteiger partial charge on any atom is -0.413 e. The van der Waals surface area contributed by atoms with Gasteiger partial charge in [-0.1, -0.05) is 56.4 Å². The Morgan fingerprint density at radius 2 is 1.87 bits per heavy atom. The summed E-state index contributed by atoms with van der Waals surface area (Å²) in [5, 5.41) is 0.290. The van der Waals surface area contributed by atoms with Crippen molar-refractivity contribution < 1.29 is 4.43 Å². The largest absolute Gasteiger partial charge is 0.413 e. The first-order valence-corrected chi connectivity index (χ1v) is 9.70. The van der Waals surface area contributed by atoms with Gasteiger partial charge >= 0.3 is 0 Å². The fraction of sp³-hybridized carbons (Fsp3) is 0.833. The maximum absolute atomic E-state index is 6.36. The van der Waals surface area contributed by atoms with E-state index in [4.69, 9.17) is 4.43 Å². The summed E-state index contributed by atoms with van der Waals surface area (Å²) in [6, 6.07) is 0. The number of halogens is 1. The van der Waals surface area contributed by atoms with Crippen LogP contribution in [0.5, 0.6) is 0 Å². The van der Waals surface area contributed by atoms with E-state index in [0.717, 1.165) is 6.42 Å². The van der Waals surface area contributed by atoms with Crippen LogP contribution >= 0.6 is 22.6 Å². The fourth-order valence-corrected chi connectivity index (χ4v) is 3.18. The number of hydrogen-bond acceptors (Lipinski definition) is 1. The van der Waals surface area contributed by atoms with Crippen molar-refractivity contribution in [2.75, 3.05) is 0 Å². The van der Waals surface area contributed by atoms with Crippen LogP contribution in [0.1, 0.15) is 34.1 Å². The summed E-state index contributed by atoms with van der Waals surface area (Å²) in [7, 11) is -1.62. The van der Waals surface area contributed by atoms with Crippen LogP contribution in [0.15, 0.2) is 12.7 Å².